The predicted molar refractivity (Wildman–Crippen MR) is 109 cm³/mol. The van der Waals surface area contributed by atoms with E-state index in [9.17, 15) is 14.3 Å². The van der Waals surface area contributed by atoms with Crippen LogP contribution in [0, 0.1) is 19.7 Å². The largest absolute Gasteiger partial charge is 0.388 e. The van der Waals surface area contributed by atoms with Crippen LogP contribution in [0.1, 0.15) is 28.8 Å². The number of thiophene rings is 1. The fourth-order valence-electron chi connectivity index (χ4n) is 3.88. The molecule has 1 aliphatic rings. The third-order valence-corrected chi connectivity index (χ3v) is 6.82. The molecule has 3 heterocycles. The lowest BCUT2D eigenvalue weighted by molar-refractivity contribution is -0.0365. The van der Waals surface area contributed by atoms with Gasteiger partial charge in [-0.05, 0) is 49.9 Å². The Kier molecular flexibility index (Phi) is 5.07. The summed E-state index contributed by atoms with van der Waals surface area (Å²) in [4.78, 5) is 21.4. The first kappa shape index (κ1) is 19.2. The summed E-state index contributed by atoms with van der Waals surface area (Å²) in [6, 6.07) is 6.62. The van der Waals surface area contributed by atoms with E-state index in [1.54, 1.807) is 23.0 Å². The quantitative estimate of drug-likeness (QED) is 0.729. The van der Waals surface area contributed by atoms with Crippen LogP contribution >= 0.6 is 11.3 Å². The van der Waals surface area contributed by atoms with Crippen LogP contribution in [0.15, 0.2) is 35.4 Å². The number of aliphatic hydroxyl groups is 1. The van der Waals surface area contributed by atoms with Gasteiger partial charge in [-0.1, -0.05) is 12.1 Å². The fourth-order valence-corrected chi connectivity index (χ4v) is 4.87. The highest BCUT2D eigenvalue weighted by molar-refractivity contribution is 7.18. The van der Waals surface area contributed by atoms with Crippen LogP contribution in [-0.4, -0.2) is 38.2 Å². The number of fused-ring (bicyclic) bond motifs is 1. The molecule has 1 aromatic carbocycles. The Morgan fingerprint density at radius 1 is 1.29 bits per heavy atom. The van der Waals surface area contributed by atoms with Crippen molar-refractivity contribution in [2.75, 3.05) is 13.1 Å². The van der Waals surface area contributed by atoms with Crippen molar-refractivity contribution in [2.45, 2.75) is 45.4 Å². The van der Waals surface area contributed by atoms with Crippen molar-refractivity contribution in [3.05, 3.63) is 62.8 Å². The molecular weight excluding hydrogens is 377 g/mol. The van der Waals surface area contributed by atoms with Gasteiger partial charge in [0, 0.05) is 24.5 Å². The fraction of sp³-hybridized carbons (Fsp3) is 0.429. The Labute approximate surface area is 167 Å². The lowest BCUT2D eigenvalue weighted by atomic mass is 9.91. The van der Waals surface area contributed by atoms with E-state index in [4.69, 9.17) is 0 Å². The number of aromatic nitrogens is 2. The molecule has 1 saturated heterocycles. The van der Waals surface area contributed by atoms with Crippen molar-refractivity contribution in [1.82, 2.24) is 14.5 Å². The molecule has 4 rings (SSSR count). The van der Waals surface area contributed by atoms with Crippen LogP contribution in [0.4, 0.5) is 4.39 Å². The molecule has 2 aromatic heterocycles. The van der Waals surface area contributed by atoms with Gasteiger partial charge in [0.2, 0.25) is 0 Å². The van der Waals surface area contributed by atoms with Crippen molar-refractivity contribution in [3.8, 4) is 0 Å². The first-order chi connectivity index (χ1) is 13.3. The summed E-state index contributed by atoms with van der Waals surface area (Å²) in [6.45, 7) is 6.25. The second kappa shape index (κ2) is 7.39. The smallest absolute Gasteiger partial charge is 0.262 e. The highest BCUT2D eigenvalue weighted by atomic mass is 32.1. The summed E-state index contributed by atoms with van der Waals surface area (Å²) in [5.74, 6) is -0.229. The number of hydrogen-bond acceptors (Lipinski definition) is 5. The van der Waals surface area contributed by atoms with E-state index in [2.05, 4.69) is 9.88 Å². The lowest BCUT2D eigenvalue weighted by Crippen LogP contribution is -2.47. The summed E-state index contributed by atoms with van der Waals surface area (Å²) in [7, 11) is 0. The Hall–Kier alpha value is -2.09. The van der Waals surface area contributed by atoms with Crippen LogP contribution in [0.2, 0.25) is 0 Å². The first-order valence-electron chi connectivity index (χ1n) is 9.49. The van der Waals surface area contributed by atoms with Gasteiger partial charge in [0.25, 0.3) is 5.56 Å². The summed E-state index contributed by atoms with van der Waals surface area (Å²) in [5.41, 5.74) is 0.891. The molecule has 0 atom stereocenters. The molecular formula is C21H24FN3O2S. The predicted octanol–water partition coefficient (Wildman–Crippen LogP) is 3.24. The number of aryl methyl sites for hydroxylation is 2. The van der Waals surface area contributed by atoms with Gasteiger partial charge in [-0.2, -0.15) is 0 Å². The summed E-state index contributed by atoms with van der Waals surface area (Å²) in [5, 5.41) is 11.7. The molecule has 7 heteroatoms. The second-order valence-electron chi connectivity index (χ2n) is 7.77. The molecule has 1 aliphatic heterocycles. The molecule has 5 nitrogen and oxygen atoms in total. The third kappa shape index (κ3) is 3.74. The average Bonchev–Trinajstić information content (AvgIpc) is 2.95. The van der Waals surface area contributed by atoms with Gasteiger partial charge >= 0.3 is 0 Å². The zero-order valence-corrected chi connectivity index (χ0v) is 16.9. The average molecular weight is 402 g/mol. The zero-order chi connectivity index (χ0) is 19.9. The Morgan fingerprint density at radius 2 is 2.04 bits per heavy atom. The first-order valence-corrected chi connectivity index (χ1v) is 10.3. The molecule has 28 heavy (non-hydrogen) atoms. The maximum Gasteiger partial charge on any atom is 0.262 e. The van der Waals surface area contributed by atoms with Gasteiger partial charge in [0.15, 0.2) is 0 Å². The second-order valence-corrected chi connectivity index (χ2v) is 8.97. The van der Waals surface area contributed by atoms with Crippen LogP contribution in [0.3, 0.4) is 0 Å². The Bertz CT molecular complexity index is 1070. The molecule has 1 N–H and O–H groups in total. The van der Waals surface area contributed by atoms with Crippen molar-refractivity contribution in [2.24, 2.45) is 0 Å². The van der Waals surface area contributed by atoms with E-state index in [1.807, 2.05) is 19.9 Å². The maximum absolute atomic E-state index is 13.4. The SMILES string of the molecule is Cc1sc2ncn(CC3(O)CCN(Cc4cccc(F)c4)CC3)c(=O)c2c1C. The van der Waals surface area contributed by atoms with Crippen LogP contribution in [-0.2, 0) is 13.1 Å². The molecule has 0 bridgehead atoms. The van der Waals surface area contributed by atoms with Gasteiger partial charge in [0.1, 0.15) is 10.6 Å². The molecule has 1 fully saturated rings. The van der Waals surface area contributed by atoms with E-state index in [-0.39, 0.29) is 17.9 Å². The molecule has 0 radical (unpaired) electrons. The molecule has 148 valence electrons. The molecule has 3 aromatic rings. The minimum absolute atomic E-state index is 0.0811. The van der Waals surface area contributed by atoms with E-state index in [0.29, 0.717) is 37.9 Å². The van der Waals surface area contributed by atoms with Gasteiger partial charge in [0.05, 0.1) is 23.9 Å². The standard InChI is InChI=1S/C21H24FN3O2S/c1-14-15(2)28-19-18(14)20(26)25(13-23-19)12-21(27)6-8-24(9-7-21)11-16-4-3-5-17(22)10-16/h3-5,10,13,27H,6-9,11-12H2,1-2H3. The zero-order valence-electron chi connectivity index (χ0n) is 16.1. The van der Waals surface area contributed by atoms with Gasteiger partial charge in [-0.25, -0.2) is 9.37 Å². The van der Waals surface area contributed by atoms with Crippen LogP contribution in [0.5, 0.6) is 0 Å². The third-order valence-electron chi connectivity index (χ3n) is 5.70. The van der Waals surface area contributed by atoms with E-state index >= 15 is 0 Å². The highest BCUT2D eigenvalue weighted by Gasteiger charge is 2.33. The summed E-state index contributed by atoms with van der Waals surface area (Å²) >= 11 is 1.53. The minimum Gasteiger partial charge on any atom is -0.388 e. The van der Waals surface area contributed by atoms with E-state index in [1.165, 1.54) is 17.4 Å². The number of likely N-dealkylation sites (tertiary alicyclic amines) is 1. The Morgan fingerprint density at radius 3 is 2.75 bits per heavy atom. The molecule has 0 aliphatic carbocycles. The van der Waals surface area contributed by atoms with Crippen molar-refractivity contribution < 1.29 is 9.50 Å². The summed E-state index contributed by atoms with van der Waals surface area (Å²) in [6.07, 6.45) is 2.68. The topological polar surface area (TPSA) is 58.4 Å². The highest BCUT2D eigenvalue weighted by Crippen LogP contribution is 2.27. The Balaban J connectivity index is 1.46. The van der Waals surface area contributed by atoms with Gasteiger partial charge < -0.3 is 5.11 Å². The number of rotatable bonds is 4. The number of benzene rings is 1. The maximum atomic E-state index is 13.4. The number of piperidine rings is 1. The minimum atomic E-state index is -0.934. The van der Waals surface area contributed by atoms with Crippen LogP contribution in [0.25, 0.3) is 10.2 Å². The van der Waals surface area contributed by atoms with Crippen molar-refractivity contribution in [1.29, 1.82) is 0 Å². The summed E-state index contributed by atoms with van der Waals surface area (Å²) < 4.78 is 14.9. The van der Waals surface area contributed by atoms with E-state index < -0.39 is 5.60 Å². The van der Waals surface area contributed by atoms with Crippen LogP contribution < -0.4 is 5.56 Å². The van der Waals surface area contributed by atoms with Gasteiger partial charge in [-0.3, -0.25) is 14.3 Å². The number of nitrogens with zero attached hydrogens (tertiary/aromatic N) is 3. The van der Waals surface area contributed by atoms with E-state index in [0.717, 1.165) is 20.8 Å². The normalized spacial score (nSPS) is 17.3. The monoisotopic (exact) mass is 401 g/mol. The lowest BCUT2D eigenvalue weighted by Gasteiger charge is -2.38. The molecule has 0 spiro atoms. The molecule has 0 amide bonds. The van der Waals surface area contributed by atoms with Crippen molar-refractivity contribution in [3.63, 3.8) is 0 Å². The van der Waals surface area contributed by atoms with Gasteiger partial charge in [-0.15, -0.1) is 11.3 Å². The number of halogens is 1. The van der Waals surface area contributed by atoms with Crippen molar-refractivity contribution >= 4 is 21.6 Å². The molecule has 0 saturated carbocycles. The number of hydrogen-bond donors (Lipinski definition) is 1. The molecule has 0 unspecified atom stereocenters.